The third-order valence-electron chi connectivity index (χ3n) is 5.91. The van der Waals surface area contributed by atoms with E-state index in [4.69, 9.17) is 16.3 Å². The topological polar surface area (TPSA) is 96.0 Å². The van der Waals surface area contributed by atoms with E-state index >= 15 is 0 Å². The number of aryl methyl sites for hydroxylation is 1. The number of carbonyl (C=O) groups excluding carboxylic acids is 2. The first-order chi connectivity index (χ1) is 17.0. The third kappa shape index (κ3) is 7.86. The normalized spacial score (nSPS) is 12.1. The SMILES string of the molecule is CCNC(=O)[C@@H](CC)N(Cc1ccccc1C)C(=O)CCCN(c1ccc(OC)c(Cl)c1)S(C)(=O)=O. The molecule has 1 N–H and O–H groups in total. The molecule has 36 heavy (non-hydrogen) atoms. The van der Waals surface area contributed by atoms with Crippen molar-refractivity contribution in [1.82, 2.24) is 10.2 Å². The van der Waals surface area contributed by atoms with E-state index in [9.17, 15) is 18.0 Å². The van der Waals surface area contributed by atoms with Crippen LogP contribution in [0.3, 0.4) is 0 Å². The number of sulfonamides is 1. The minimum atomic E-state index is -3.62. The molecule has 2 aromatic rings. The number of halogens is 1. The van der Waals surface area contributed by atoms with Crippen LogP contribution in [0.4, 0.5) is 5.69 Å². The van der Waals surface area contributed by atoms with Gasteiger partial charge in [-0.2, -0.15) is 0 Å². The Morgan fingerprint density at radius 3 is 2.39 bits per heavy atom. The lowest BCUT2D eigenvalue weighted by atomic mass is 10.1. The second kappa shape index (κ2) is 13.5. The highest BCUT2D eigenvalue weighted by Crippen LogP contribution is 2.30. The molecular weight excluding hydrogens is 502 g/mol. The van der Waals surface area contributed by atoms with Crippen LogP contribution in [0.2, 0.25) is 5.02 Å². The quantitative estimate of drug-likeness (QED) is 0.414. The van der Waals surface area contributed by atoms with Gasteiger partial charge in [0.15, 0.2) is 0 Å². The van der Waals surface area contributed by atoms with Crippen LogP contribution in [0, 0.1) is 6.92 Å². The molecule has 10 heteroatoms. The second-order valence-corrected chi connectivity index (χ2v) is 10.8. The molecule has 0 radical (unpaired) electrons. The Hall–Kier alpha value is -2.78. The van der Waals surface area contributed by atoms with E-state index in [1.807, 2.05) is 45.0 Å². The van der Waals surface area contributed by atoms with Gasteiger partial charge >= 0.3 is 0 Å². The van der Waals surface area contributed by atoms with Gasteiger partial charge in [0.25, 0.3) is 0 Å². The summed E-state index contributed by atoms with van der Waals surface area (Å²) in [7, 11) is -2.14. The van der Waals surface area contributed by atoms with Crippen molar-refractivity contribution in [3.63, 3.8) is 0 Å². The van der Waals surface area contributed by atoms with Crippen LogP contribution >= 0.6 is 11.6 Å². The molecule has 0 unspecified atom stereocenters. The lowest BCUT2D eigenvalue weighted by Crippen LogP contribution is -2.49. The van der Waals surface area contributed by atoms with Crippen molar-refractivity contribution < 1.29 is 22.7 Å². The molecule has 0 saturated heterocycles. The highest BCUT2D eigenvalue weighted by Gasteiger charge is 2.29. The van der Waals surface area contributed by atoms with Crippen molar-refractivity contribution in [3.8, 4) is 5.75 Å². The van der Waals surface area contributed by atoms with Crippen molar-refractivity contribution in [2.45, 2.75) is 52.6 Å². The molecule has 0 aliphatic carbocycles. The molecule has 0 bridgehead atoms. The van der Waals surface area contributed by atoms with Gasteiger partial charge in [0.1, 0.15) is 11.8 Å². The highest BCUT2D eigenvalue weighted by molar-refractivity contribution is 7.92. The average Bonchev–Trinajstić information content (AvgIpc) is 2.82. The van der Waals surface area contributed by atoms with Crippen molar-refractivity contribution in [2.75, 3.05) is 30.8 Å². The molecule has 0 saturated carbocycles. The van der Waals surface area contributed by atoms with Crippen LogP contribution in [0.5, 0.6) is 5.75 Å². The fourth-order valence-corrected chi connectivity index (χ4v) is 5.21. The van der Waals surface area contributed by atoms with Crippen LogP contribution in [0.25, 0.3) is 0 Å². The number of rotatable bonds is 13. The van der Waals surface area contributed by atoms with Gasteiger partial charge in [0.05, 0.1) is 24.1 Å². The molecule has 0 aromatic heterocycles. The first-order valence-corrected chi connectivity index (χ1v) is 14.2. The molecule has 198 valence electrons. The molecule has 1 atom stereocenters. The van der Waals surface area contributed by atoms with E-state index in [-0.39, 0.29) is 36.2 Å². The third-order valence-corrected chi connectivity index (χ3v) is 7.40. The predicted molar refractivity (Wildman–Crippen MR) is 144 cm³/mol. The van der Waals surface area contributed by atoms with E-state index in [2.05, 4.69) is 5.32 Å². The highest BCUT2D eigenvalue weighted by atomic mass is 35.5. The summed E-state index contributed by atoms with van der Waals surface area (Å²) in [4.78, 5) is 27.8. The van der Waals surface area contributed by atoms with Crippen LogP contribution < -0.4 is 14.4 Å². The molecule has 0 spiro atoms. The molecule has 2 amide bonds. The average molecular weight is 538 g/mol. The summed E-state index contributed by atoms with van der Waals surface area (Å²) in [6.07, 6.45) is 1.92. The number of nitrogens with zero attached hydrogens (tertiary/aromatic N) is 2. The minimum Gasteiger partial charge on any atom is -0.495 e. The van der Waals surface area contributed by atoms with Crippen LogP contribution in [-0.2, 0) is 26.2 Å². The lowest BCUT2D eigenvalue weighted by molar-refractivity contribution is -0.141. The number of ether oxygens (including phenoxy) is 1. The fourth-order valence-electron chi connectivity index (χ4n) is 4.00. The van der Waals surface area contributed by atoms with Gasteiger partial charge < -0.3 is 15.0 Å². The lowest BCUT2D eigenvalue weighted by Gasteiger charge is -2.31. The summed E-state index contributed by atoms with van der Waals surface area (Å²) in [6.45, 7) is 6.53. The van der Waals surface area contributed by atoms with Gasteiger partial charge in [-0.1, -0.05) is 42.8 Å². The smallest absolute Gasteiger partial charge is 0.242 e. The first-order valence-electron chi connectivity index (χ1n) is 12.0. The number of anilines is 1. The molecule has 0 aliphatic rings. The van der Waals surface area contributed by atoms with Crippen molar-refractivity contribution >= 4 is 39.1 Å². The number of hydrogen-bond donors (Lipinski definition) is 1. The summed E-state index contributed by atoms with van der Waals surface area (Å²) in [6, 6.07) is 11.9. The second-order valence-electron chi connectivity index (χ2n) is 8.52. The zero-order valence-corrected chi connectivity index (χ0v) is 23.2. The summed E-state index contributed by atoms with van der Waals surface area (Å²) < 4.78 is 31.4. The van der Waals surface area contributed by atoms with E-state index in [0.717, 1.165) is 17.4 Å². The van der Waals surface area contributed by atoms with Gasteiger partial charge in [-0.15, -0.1) is 0 Å². The Balaban J connectivity index is 2.23. The van der Waals surface area contributed by atoms with Gasteiger partial charge in [0.2, 0.25) is 21.8 Å². The first kappa shape index (κ1) is 29.5. The Labute approximate surface area is 219 Å². The zero-order valence-electron chi connectivity index (χ0n) is 21.6. The van der Waals surface area contributed by atoms with Crippen LogP contribution in [-0.4, -0.2) is 57.6 Å². The zero-order chi connectivity index (χ0) is 26.9. The standard InChI is InChI=1S/C26H36ClN3O5S/c1-6-23(26(32)28-7-2)29(18-20-12-9-8-11-19(20)3)25(31)13-10-16-30(36(5,33)34)21-14-15-24(35-4)22(27)17-21/h8-9,11-12,14-15,17,23H,6-7,10,13,16,18H2,1-5H3,(H,28,32)/t23-/m1/s1. The van der Waals surface area contributed by atoms with Crippen molar-refractivity contribution in [3.05, 3.63) is 58.6 Å². The maximum atomic E-state index is 13.4. The molecule has 0 aliphatic heterocycles. The number of amides is 2. The van der Waals surface area contributed by atoms with Crippen molar-refractivity contribution in [2.24, 2.45) is 0 Å². The Morgan fingerprint density at radius 2 is 1.83 bits per heavy atom. The minimum absolute atomic E-state index is 0.0810. The number of likely N-dealkylation sites (N-methyl/N-ethyl adjacent to an activating group) is 1. The van der Waals surface area contributed by atoms with Gasteiger partial charge in [-0.3, -0.25) is 13.9 Å². The monoisotopic (exact) mass is 537 g/mol. The summed E-state index contributed by atoms with van der Waals surface area (Å²) in [5.41, 5.74) is 2.38. The Morgan fingerprint density at radius 1 is 1.14 bits per heavy atom. The fraction of sp³-hybridized carbons (Fsp3) is 0.462. The summed E-state index contributed by atoms with van der Waals surface area (Å²) in [5, 5.41) is 3.11. The van der Waals surface area contributed by atoms with Crippen LogP contribution in [0.1, 0.15) is 44.2 Å². The Kier molecular flexibility index (Phi) is 11.0. The Bertz CT molecular complexity index is 1160. The van der Waals surface area contributed by atoms with E-state index in [1.165, 1.54) is 17.5 Å². The molecule has 2 aromatic carbocycles. The maximum absolute atomic E-state index is 13.4. The van der Waals surface area contributed by atoms with Crippen molar-refractivity contribution in [1.29, 1.82) is 0 Å². The molecule has 0 heterocycles. The summed E-state index contributed by atoms with van der Waals surface area (Å²) >= 11 is 6.20. The number of methoxy groups -OCH3 is 1. The van der Waals surface area contributed by atoms with E-state index in [1.54, 1.807) is 17.0 Å². The predicted octanol–water partition coefficient (Wildman–Crippen LogP) is 4.15. The summed E-state index contributed by atoms with van der Waals surface area (Å²) in [5.74, 6) is 0.0250. The largest absolute Gasteiger partial charge is 0.495 e. The molecule has 0 fully saturated rings. The van der Waals surface area contributed by atoms with Crippen LogP contribution in [0.15, 0.2) is 42.5 Å². The van der Waals surface area contributed by atoms with E-state index in [0.29, 0.717) is 30.9 Å². The number of nitrogens with one attached hydrogen (secondary N) is 1. The van der Waals surface area contributed by atoms with Gasteiger partial charge in [-0.25, -0.2) is 8.42 Å². The van der Waals surface area contributed by atoms with Gasteiger partial charge in [0, 0.05) is 26.1 Å². The molecular formula is C26H36ClN3O5S. The van der Waals surface area contributed by atoms with E-state index < -0.39 is 16.1 Å². The molecule has 8 nitrogen and oxygen atoms in total. The number of hydrogen-bond acceptors (Lipinski definition) is 5. The number of carbonyl (C=O) groups is 2. The number of benzene rings is 2. The molecule has 2 rings (SSSR count). The van der Waals surface area contributed by atoms with Gasteiger partial charge in [-0.05, 0) is 56.0 Å². The maximum Gasteiger partial charge on any atom is 0.242 e.